The zero-order chi connectivity index (χ0) is 14.7. The van der Waals surface area contributed by atoms with Crippen molar-refractivity contribution in [2.45, 2.75) is 19.8 Å². The second-order valence-corrected chi connectivity index (χ2v) is 5.39. The molecule has 0 spiro atoms. The van der Waals surface area contributed by atoms with Crippen LogP contribution in [0.2, 0.25) is 0 Å². The number of hydrogen-bond donors (Lipinski definition) is 1. The van der Waals surface area contributed by atoms with Gasteiger partial charge >= 0.3 is 0 Å². The number of carbonyl (C=O) groups excluding carboxylic acids is 1. The number of hydrogen-bond acceptors (Lipinski definition) is 3. The second-order valence-electron chi connectivity index (χ2n) is 5.39. The summed E-state index contributed by atoms with van der Waals surface area (Å²) < 4.78 is 0. The Hall–Kier alpha value is -2.36. The topological polar surface area (TPSA) is 45.2 Å². The normalized spacial score (nSPS) is 14.2. The molecule has 0 bridgehead atoms. The van der Waals surface area contributed by atoms with E-state index in [0.717, 1.165) is 24.3 Å². The molecule has 1 fully saturated rings. The van der Waals surface area contributed by atoms with E-state index in [1.807, 2.05) is 6.92 Å². The maximum absolute atomic E-state index is 12.2. The minimum Gasteiger partial charge on any atom is -0.371 e. The van der Waals surface area contributed by atoms with Crippen molar-refractivity contribution in [3.63, 3.8) is 0 Å². The summed E-state index contributed by atoms with van der Waals surface area (Å²) in [4.78, 5) is 18.6. The van der Waals surface area contributed by atoms with E-state index in [1.165, 1.54) is 18.5 Å². The van der Waals surface area contributed by atoms with Crippen molar-refractivity contribution in [2.75, 3.05) is 23.3 Å². The molecular formula is C17H19N3O. The van der Waals surface area contributed by atoms with E-state index in [-0.39, 0.29) is 5.91 Å². The lowest BCUT2D eigenvalue weighted by Crippen LogP contribution is -2.18. The molecule has 1 aromatic carbocycles. The summed E-state index contributed by atoms with van der Waals surface area (Å²) in [6.07, 6.45) is 5.72. The minimum atomic E-state index is -0.121. The molecule has 108 valence electrons. The Morgan fingerprint density at radius 2 is 2.05 bits per heavy atom. The third kappa shape index (κ3) is 3.05. The Bertz CT molecular complexity index is 634. The first kappa shape index (κ1) is 13.6. The maximum Gasteiger partial charge on any atom is 0.257 e. The molecule has 4 nitrogen and oxygen atoms in total. The van der Waals surface area contributed by atoms with Crippen molar-refractivity contribution in [1.82, 2.24) is 4.98 Å². The van der Waals surface area contributed by atoms with Gasteiger partial charge in [-0.05, 0) is 49.6 Å². The molecule has 0 radical (unpaired) electrons. The van der Waals surface area contributed by atoms with Crippen LogP contribution in [0.4, 0.5) is 11.4 Å². The van der Waals surface area contributed by atoms with Crippen molar-refractivity contribution in [3.05, 3.63) is 53.9 Å². The largest absolute Gasteiger partial charge is 0.371 e. The SMILES string of the molecule is Cc1ccc(N2CCCC2)cc1NC(=O)c1cccnc1. The average molecular weight is 281 g/mol. The number of benzene rings is 1. The Labute approximate surface area is 124 Å². The minimum absolute atomic E-state index is 0.121. The summed E-state index contributed by atoms with van der Waals surface area (Å²) in [6, 6.07) is 9.78. The van der Waals surface area contributed by atoms with Gasteiger partial charge in [0.2, 0.25) is 0 Å². The highest BCUT2D eigenvalue weighted by molar-refractivity contribution is 6.04. The Balaban J connectivity index is 1.81. The van der Waals surface area contributed by atoms with Crippen LogP contribution in [0, 0.1) is 6.92 Å². The molecule has 4 heteroatoms. The summed E-state index contributed by atoms with van der Waals surface area (Å²) >= 11 is 0. The van der Waals surface area contributed by atoms with Crippen LogP contribution in [0.25, 0.3) is 0 Å². The quantitative estimate of drug-likeness (QED) is 0.939. The van der Waals surface area contributed by atoms with Gasteiger partial charge in [0.05, 0.1) is 5.56 Å². The summed E-state index contributed by atoms with van der Waals surface area (Å²) in [5.74, 6) is -0.121. The van der Waals surface area contributed by atoms with Gasteiger partial charge in [-0.2, -0.15) is 0 Å². The fourth-order valence-corrected chi connectivity index (χ4v) is 2.61. The molecule has 1 aliphatic rings. The van der Waals surface area contributed by atoms with Crippen LogP contribution < -0.4 is 10.2 Å². The van der Waals surface area contributed by atoms with E-state index < -0.39 is 0 Å². The molecule has 3 rings (SSSR count). The molecule has 21 heavy (non-hydrogen) atoms. The molecule has 0 unspecified atom stereocenters. The Morgan fingerprint density at radius 3 is 2.76 bits per heavy atom. The van der Waals surface area contributed by atoms with Gasteiger partial charge in [0.1, 0.15) is 0 Å². The van der Waals surface area contributed by atoms with Gasteiger partial charge in [0.25, 0.3) is 5.91 Å². The van der Waals surface area contributed by atoms with E-state index in [0.29, 0.717) is 5.56 Å². The lowest BCUT2D eigenvalue weighted by molar-refractivity contribution is 0.102. The van der Waals surface area contributed by atoms with Crippen LogP contribution >= 0.6 is 0 Å². The second kappa shape index (κ2) is 5.95. The number of amides is 1. The van der Waals surface area contributed by atoms with Crippen molar-refractivity contribution >= 4 is 17.3 Å². The van der Waals surface area contributed by atoms with Gasteiger partial charge in [-0.3, -0.25) is 9.78 Å². The van der Waals surface area contributed by atoms with Crippen molar-refractivity contribution in [2.24, 2.45) is 0 Å². The fourth-order valence-electron chi connectivity index (χ4n) is 2.61. The molecular weight excluding hydrogens is 262 g/mol. The number of rotatable bonds is 3. The molecule has 1 amide bonds. The molecule has 1 aromatic heterocycles. The number of carbonyl (C=O) groups is 1. The number of aromatic nitrogens is 1. The van der Waals surface area contributed by atoms with Crippen LogP contribution in [0.3, 0.4) is 0 Å². The molecule has 1 saturated heterocycles. The summed E-state index contributed by atoms with van der Waals surface area (Å²) in [7, 11) is 0. The van der Waals surface area contributed by atoms with Crippen LogP contribution in [-0.2, 0) is 0 Å². The monoisotopic (exact) mass is 281 g/mol. The van der Waals surface area contributed by atoms with E-state index in [1.54, 1.807) is 24.5 Å². The van der Waals surface area contributed by atoms with Crippen LogP contribution in [0.5, 0.6) is 0 Å². The standard InChI is InChI=1S/C17H19N3O/c1-13-6-7-15(20-9-2-3-10-20)11-16(13)19-17(21)14-5-4-8-18-12-14/h4-8,11-12H,2-3,9-10H2,1H3,(H,19,21). The first-order valence-electron chi connectivity index (χ1n) is 7.31. The van der Waals surface area contributed by atoms with E-state index in [9.17, 15) is 4.79 Å². The predicted molar refractivity (Wildman–Crippen MR) is 84.8 cm³/mol. The molecule has 2 aromatic rings. The van der Waals surface area contributed by atoms with Crippen molar-refractivity contribution < 1.29 is 4.79 Å². The van der Waals surface area contributed by atoms with Gasteiger partial charge in [-0.25, -0.2) is 0 Å². The van der Waals surface area contributed by atoms with E-state index in [2.05, 4.69) is 33.4 Å². The summed E-state index contributed by atoms with van der Waals surface area (Å²) in [5.41, 5.74) is 3.69. The molecule has 1 aliphatic heterocycles. The van der Waals surface area contributed by atoms with Gasteiger partial charge in [0, 0.05) is 36.9 Å². The zero-order valence-corrected chi connectivity index (χ0v) is 12.2. The number of pyridine rings is 1. The fraction of sp³-hybridized carbons (Fsp3) is 0.294. The first-order chi connectivity index (χ1) is 10.2. The number of nitrogens with zero attached hydrogens (tertiary/aromatic N) is 2. The van der Waals surface area contributed by atoms with Crippen LogP contribution in [0.1, 0.15) is 28.8 Å². The molecule has 0 atom stereocenters. The number of nitrogens with one attached hydrogen (secondary N) is 1. The lowest BCUT2D eigenvalue weighted by atomic mass is 10.1. The predicted octanol–water partition coefficient (Wildman–Crippen LogP) is 3.24. The van der Waals surface area contributed by atoms with E-state index in [4.69, 9.17) is 0 Å². The van der Waals surface area contributed by atoms with Crippen molar-refractivity contribution in [1.29, 1.82) is 0 Å². The number of aryl methyl sites for hydroxylation is 1. The smallest absolute Gasteiger partial charge is 0.257 e. The highest BCUT2D eigenvalue weighted by atomic mass is 16.1. The average Bonchev–Trinajstić information content (AvgIpc) is 3.04. The first-order valence-corrected chi connectivity index (χ1v) is 7.31. The van der Waals surface area contributed by atoms with Gasteiger partial charge < -0.3 is 10.2 Å². The van der Waals surface area contributed by atoms with Crippen molar-refractivity contribution in [3.8, 4) is 0 Å². The summed E-state index contributed by atoms with van der Waals surface area (Å²) in [5, 5.41) is 2.98. The number of anilines is 2. The summed E-state index contributed by atoms with van der Waals surface area (Å²) in [6.45, 7) is 4.20. The van der Waals surface area contributed by atoms with Crippen LogP contribution in [0.15, 0.2) is 42.7 Å². The highest BCUT2D eigenvalue weighted by Gasteiger charge is 2.14. The molecule has 2 heterocycles. The van der Waals surface area contributed by atoms with Gasteiger partial charge in [0.15, 0.2) is 0 Å². The highest BCUT2D eigenvalue weighted by Crippen LogP contribution is 2.26. The van der Waals surface area contributed by atoms with Crippen LogP contribution in [-0.4, -0.2) is 24.0 Å². The molecule has 0 saturated carbocycles. The third-order valence-electron chi connectivity index (χ3n) is 3.86. The van der Waals surface area contributed by atoms with Gasteiger partial charge in [-0.15, -0.1) is 0 Å². The maximum atomic E-state index is 12.2. The van der Waals surface area contributed by atoms with Gasteiger partial charge in [-0.1, -0.05) is 6.07 Å². The Morgan fingerprint density at radius 1 is 1.24 bits per heavy atom. The Kier molecular flexibility index (Phi) is 3.86. The third-order valence-corrected chi connectivity index (χ3v) is 3.86. The molecule has 1 N–H and O–H groups in total. The molecule has 0 aliphatic carbocycles. The lowest BCUT2D eigenvalue weighted by Gasteiger charge is -2.19. The van der Waals surface area contributed by atoms with E-state index >= 15 is 0 Å². The zero-order valence-electron chi connectivity index (χ0n) is 12.2.